The minimum Gasteiger partial charge on any atom is -0.192 e. The second-order valence-corrected chi connectivity index (χ2v) is 3.90. The second kappa shape index (κ2) is 4.39. The van der Waals surface area contributed by atoms with Crippen molar-refractivity contribution in [2.24, 2.45) is 0 Å². The SMILES string of the molecule is CCSc1ccc(C#N)cc1Cl. The fourth-order valence-corrected chi connectivity index (χ4v) is 1.86. The maximum absolute atomic E-state index is 8.57. The van der Waals surface area contributed by atoms with Gasteiger partial charge in [0.1, 0.15) is 0 Å². The Bertz CT molecular complexity index is 317. The first-order valence-corrected chi connectivity index (χ1v) is 4.96. The summed E-state index contributed by atoms with van der Waals surface area (Å²) < 4.78 is 0. The van der Waals surface area contributed by atoms with Crippen molar-refractivity contribution in [2.75, 3.05) is 5.75 Å². The third-order valence-electron chi connectivity index (χ3n) is 1.36. The Morgan fingerprint density at radius 3 is 2.83 bits per heavy atom. The molecule has 0 aliphatic carbocycles. The maximum atomic E-state index is 8.57. The van der Waals surface area contributed by atoms with Gasteiger partial charge in [-0.05, 0) is 24.0 Å². The van der Waals surface area contributed by atoms with Crippen molar-refractivity contribution in [3.8, 4) is 6.07 Å². The maximum Gasteiger partial charge on any atom is 0.0992 e. The lowest BCUT2D eigenvalue weighted by molar-refractivity contribution is 1.40. The molecule has 0 bridgehead atoms. The highest BCUT2D eigenvalue weighted by Gasteiger charge is 2.00. The molecule has 0 saturated carbocycles. The molecule has 0 amide bonds. The zero-order valence-corrected chi connectivity index (χ0v) is 8.25. The van der Waals surface area contributed by atoms with Crippen LogP contribution in [0.15, 0.2) is 23.1 Å². The van der Waals surface area contributed by atoms with Crippen molar-refractivity contribution in [2.45, 2.75) is 11.8 Å². The summed E-state index contributed by atoms with van der Waals surface area (Å²) in [5.74, 6) is 0.992. The van der Waals surface area contributed by atoms with Gasteiger partial charge >= 0.3 is 0 Å². The Morgan fingerprint density at radius 2 is 2.33 bits per heavy atom. The van der Waals surface area contributed by atoms with Crippen LogP contribution in [0, 0.1) is 11.3 Å². The number of hydrogen-bond acceptors (Lipinski definition) is 2. The number of halogens is 1. The van der Waals surface area contributed by atoms with Gasteiger partial charge in [-0.2, -0.15) is 5.26 Å². The van der Waals surface area contributed by atoms with Crippen LogP contribution in [-0.2, 0) is 0 Å². The summed E-state index contributed by atoms with van der Waals surface area (Å²) in [6.45, 7) is 2.07. The van der Waals surface area contributed by atoms with E-state index in [9.17, 15) is 0 Å². The van der Waals surface area contributed by atoms with E-state index in [1.807, 2.05) is 12.1 Å². The van der Waals surface area contributed by atoms with Crippen LogP contribution < -0.4 is 0 Å². The number of thioether (sulfide) groups is 1. The molecule has 0 N–H and O–H groups in total. The zero-order valence-electron chi connectivity index (χ0n) is 6.67. The van der Waals surface area contributed by atoms with Crippen molar-refractivity contribution >= 4 is 23.4 Å². The van der Waals surface area contributed by atoms with E-state index < -0.39 is 0 Å². The minimum absolute atomic E-state index is 0.612. The molecule has 0 saturated heterocycles. The van der Waals surface area contributed by atoms with Crippen molar-refractivity contribution in [3.63, 3.8) is 0 Å². The van der Waals surface area contributed by atoms with Gasteiger partial charge in [0, 0.05) is 4.90 Å². The summed E-state index contributed by atoms with van der Waals surface area (Å²) in [4.78, 5) is 1.04. The van der Waals surface area contributed by atoms with Gasteiger partial charge in [-0.15, -0.1) is 11.8 Å². The van der Waals surface area contributed by atoms with Crippen LogP contribution in [0.1, 0.15) is 12.5 Å². The molecule has 62 valence electrons. The second-order valence-electron chi connectivity index (χ2n) is 2.19. The van der Waals surface area contributed by atoms with E-state index in [0.29, 0.717) is 10.6 Å². The van der Waals surface area contributed by atoms with E-state index in [1.54, 1.807) is 23.9 Å². The van der Waals surface area contributed by atoms with E-state index in [0.717, 1.165) is 10.6 Å². The van der Waals surface area contributed by atoms with Crippen molar-refractivity contribution < 1.29 is 0 Å². The molecule has 1 aromatic rings. The Labute approximate surface area is 81.3 Å². The summed E-state index contributed by atoms with van der Waals surface area (Å²) in [5, 5.41) is 9.23. The molecule has 12 heavy (non-hydrogen) atoms. The van der Waals surface area contributed by atoms with Crippen LogP contribution in [0.5, 0.6) is 0 Å². The molecule has 0 aromatic heterocycles. The third kappa shape index (κ3) is 2.17. The normalized spacial score (nSPS) is 9.42. The smallest absolute Gasteiger partial charge is 0.0992 e. The average Bonchev–Trinajstić information content (AvgIpc) is 2.09. The van der Waals surface area contributed by atoms with Crippen LogP contribution in [0.4, 0.5) is 0 Å². The lowest BCUT2D eigenvalue weighted by Crippen LogP contribution is -1.78. The van der Waals surface area contributed by atoms with Gasteiger partial charge in [0.15, 0.2) is 0 Å². The first-order valence-electron chi connectivity index (χ1n) is 3.60. The molecule has 0 aliphatic heterocycles. The zero-order chi connectivity index (χ0) is 8.97. The van der Waals surface area contributed by atoms with Crippen LogP contribution >= 0.6 is 23.4 Å². The number of hydrogen-bond donors (Lipinski definition) is 0. The van der Waals surface area contributed by atoms with Crippen molar-refractivity contribution in [3.05, 3.63) is 28.8 Å². The highest BCUT2D eigenvalue weighted by Crippen LogP contribution is 2.27. The van der Waals surface area contributed by atoms with Gasteiger partial charge in [-0.25, -0.2) is 0 Å². The predicted octanol–water partition coefficient (Wildman–Crippen LogP) is 3.32. The van der Waals surface area contributed by atoms with Crippen LogP contribution in [-0.4, -0.2) is 5.75 Å². The van der Waals surface area contributed by atoms with Gasteiger partial charge in [-0.1, -0.05) is 18.5 Å². The summed E-state index contributed by atoms with van der Waals surface area (Å²) >= 11 is 7.59. The highest BCUT2D eigenvalue weighted by atomic mass is 35.5. The van der Waals surface area contributed by atoms with Gasteiger partial charge < -0.3 is 0 Å². The predicted molar refractivity (Wildman–Crippen MR) is 52.6 cm³/mol. The quantitative estimate of drug-likeness (QED) is 0.680. The highest BCUT2D eigenvalue weighted by molar-refractivity contribution is 7.99. The minimum atomic E-state index is 0.612. The molecular weight excluding hydrogens is 190 g/mol. The number of rotatable bonds is 2. The largest absolute Gasteiger partial charge is 0.192 e. The molecular formula is C9H8ClNS. The average molecular weight is 198 g/mol. The lowest BCUT2D eigenvalue weighted by atomic mass is 10.2. The molecule has 0 fully saturated rings. The molecule has 3 heteroatoms. The topological polar surface area (TPSA) is 23.8 Å². The molecule has 0 unspecified atom stereocenters. The lowest BCUT2D eigenvalue weighted by Gasteiger charge is -2.00. The summed E-state index contributed by atoms with van der Waals surface area (Å²) in [5.41, 5.74) is 0.612. The number of nitrogens with zero attached hydrogens (tertiary/aromatic N) is 1. The van der Waals surface area contributed by atoms with E-state index >= 15 is 0 Å². The molecule has 1 rings (SSSR count). The molecule has 1 nitrogen and oxygen atoms in total. The summed E-state index contributed by atoms with van der Waals surface area (Å²) in [6, 6.07) is 7.40. The molecule has 0 aliphatic rings. The van der Waals surface area contributed by atoms with Crippen molar-refractivity contribution in [1.29, 1.82) is 5.26 Å². The molecule has 1 aromatic carbocycles. The standard InChI is InChI=1S/C9H8ClNS/c1-2-12-9-4-3-7(6-11)5-8(9)10/h3-5H,2H2,1H3. The van der Waals surface area contributed by atoms with Gasteiger partial charge in [0.2, 0.25) is 0 Å². The van der Waals surface area contributed by atoms with Crippen LogP contribution in [0.2, 0.25) is 5.02 Å². The summed E-state index contributed by atoms with van der Waals surface area (Å²) in [7, 11) is 0. The van der Waals surface area contributed by atoms with Gasteiger partial charge in [0.25, 0.3) is 0 Å². The fraction of sp³-hybridized carbons (Fsp3) is 0.222. The van der Waals surface area contributed by atoms with E-state index in [1.165, 1.54) is 0 Å². The Hall–Kier alpha value is -0.650. The third-order valence-corrected chi connectivity index (χ3v) is 2.74. The molecule has 0 atom stereocenters. The molecule has 0 spiro atoms. The van der Waals surface area contributed by atoms with Crippen LogP contribution in [0.3, 0.4) is 0 Å². The van der Waals surface area contributed by atoms with Crippen LogP contribution in [0.25, 0.3) is 0 Å². The van der Waals surface area contributed by atoms with E-state index in [-0.39, 0.29) is 0 Å². The molecule has 0 heterocycles. The van der Waals surface area contributed by atoms with E-state index in [2.05, 4.69) is 6.92 Å². The number of nitriles is 1. The summed E-state index contributed by atoms with van der Waals surface area (Å²) in [6.07, 6.45) is 0. The first kappa shape index (κ1) is 9.44. The Balaban J connectivity index is 2.97. The molecule has 0 radical (unpaired) electrons. The number of benzene rings is 1. The van der Waals surface area contributed by atoms with Crippen molar-refractivity contribution in [1.82, 2.24) is 0 Å². The van der Waals surface area contributed by atoms with E-state index in [4.69, 9.17) is 16.9 Å². The van der Waals surface area contributed by atoms with Gasteiger partial charge in [0.05, 0.1) is 16.7 Å². The monoisotopic (exact) mass is 197 g/mol. The van der Waals surface area contributed by atoms with Gasteiger partial charge in [-0.3, -0.25) is 0 Å². The Morgan fingerprint density at radius 1 is 1.58 bits per heavy atom. The fourth-order valence-electron chi connectivity index (χ4n) is 0.843. The Kier molecular flexibility index (Phi) is 3.46. The first-order chi connectivity index (χ1) is 5.77.